The van der Waals surface area contributed by atoms with Gasteiger partial charge in [0.2, 0.25) is 5.91 Å². The van der Waals surface area contributed by atoms with Crippen LogP contribution in [0.1, 0.15) is 70.6 Å². The van der Waals surface area contributed by atoms with Crippen LogP contribution in [-0.4, -0.2) is 23.2 Å². The van der Waals surface area contributed by atoms with E-state index in [1.807, 2.05) is 0 Å². The molecule has 1 amide bonds. The average Bonchev–Trinajstić information content (AvgIpc) is 2.35. The summed E-state index contributed by atoms with van der Waals surface area (Å²) in [5, 5.41) is 13.0. The van der Waals surface area contributed by atoms with Crippen LogP contribution in [0.3, 0.4) is 0 Å². The zero-order valence-corrected chi connectivity index (χ0v) is 13.0. The molecule has 5 aliphatic rings. The summed E-state index contributed by atoms with van der Waals surface area (Å²) in [5.74, 6) is 3.01. The molecular formula is C18H29NO2. The van der Waals surface area contributed by atoms with Crippen molar-refractivity contribution < 1.29 is 9.90 Å². The summed E-state index contributed by atoms with van der Waals surface area (Å²) in [7, 11) is 0. The minimum Gasteiger partial charge on any atom is -0.393 e. The first-order valence-corrected chi connectivity index (χ1v) is 9.08. The zero-order chi connectivity index (χ0) is 14.4. The van der Waals surface area contributed by atoms with Gasteiger partial charge in [-0.15, -0.1) is 0 Å². The van der Waals surface area contributed by atoms with E-state index < -0.39 is 0 Å². The average molecular weight is 291 g/mol. The molecule has 2 N–H and O–H groups in total. The third-order valence-electron chi connectivity index (χ3n) is 6.71. The number of hydrogen-bond acceptors (Lipinski definition) is 2. The van der Waals surface area contributed by atoms with Gasteiger partial charge in [-0.05, 0) is 87.4 Å². The molecule has 5 fully saturated rings. The van der Waals surface area contributed by atoms with Crippen molar-refractivity contribution in [2.24, 2.45) is 23.2 Å². The molecule has 2 atom stereocenters. The van der Waals surface area contributed by atoms with Crippen LogP contribution >= 0.6 is 0 Å². The Labute approximate surface area is 127 Å². The van der Waals surface area contributed by atoms with Gasteiger partial charge in [0.05, 0.1) is 6.10 Å². The van der Waals surface area contributed by atoms with Crippen LogP contribution in [0.25, 0.3) is 0 Å². The molecule has 0 heterocycles. The fourth-order valence-corrected chi connectivity index (χ4v) is 6.42. The van der Waals surface area contributed by atoms with Gasteiger partial charge in [0, 0.05) is 12.5 Å². The lowest BCUT2D eigenvalue weighted by Gasteiger charge is -2.56. The highest BCUT2D eigenvalue weighted by Gasteiger charge is 2.51. The van der Waals surface area contributed by atoms with E-state index in [0.717, 1.165) is 49.9 Å². The summed E-state index contributed by atoms with van der Waals surface area (Å²) in [6.45, 7) is 0. The minimum absolute atomic E-state index is 0.205. The minimum atomic E-state index is -0.205. The lowest BCUT2D eigenvalue weighted by Crippen LogP contribution is -2.49. The molecule has 5 saturated carbocycles. The van der Waals surface area contributed by atoms with E-state index in [1.165, 1.54) is 38.5 Å². The SMILES string of the molecule is O=C(CC12CC3CC(CC(C3)C1)C2)NC1CCCC(O)C1. The number of hydrogen-bond donors (Lipinski definition) is 2. The van der Waals surface area contributed by atoms with Gasteiger partial charge in [0.25, 0.3) is 0 Å². The molecule has 0 radical (unpaired) electrons. The second kappa shape index (κ2) is 5.26. The van der Waals surface area contributed by atoms with Crippen molar-refractivity contribution in [2.75, 3.05) is 0 Å². The monoisotopic (exact) mass is 291 g/mol. The molecule has 0 aromatic carbocycles. The third-order valence-corrected chi connectivity index (χ3v) is 6.71. The van der Waals surface area contributed by atoms with E-state index in [4.69, 9.17) is 0 Å². The maximum atomic E-state index is 12.5. The molecule has 0 aromatic rings. The standard InChI is InChI=1S/C18H29NO2/c20-16-3-1-2-15(7-16)19-17(21)11-18-8-12-4-13(9-18)6-14(5-12)10-18/h12-16,20H,1-11H2,(H,19,21). The van der Waals surface area contributed by atoms with Crippen LogP contribution < -0.4 is 5.32 Å². The summed E-state index contributed by atoms with van der Waals surface area (Å²) < 4.78 is 0. The smallest absolute Gasteiger partial charge is 0.220 e. The van der Waals surface area contributed by atoms with E-state index >= 15 is 0 Å². The summed E-state index contributed by atoms with van der Waals surface area (Å²) in [6.07, 6.45) is 12.5. The third kappa shape index (κ3) is 2.86. The van der Waals surface area contributed by atoms with E-state index in [-0.39, 0.29) is 18.1 Å². The van der Waals surface area contributed by atoms with Crippen molar-refractivity contribution in [1.29, 1.82) is 0 Å². The van der Waals surface area contributed by atoms with Gasteiger partial charge in [-0.25, -0.2) is 0 Å². The second-order valence-electron chi connectivity index (χ2n) is 8.68. The van der Waals surface area contributed by atoms with Crippen LogP contribution in [0, 0.1) is 23.2 Å². The number of carbonyl (C=O) groups is 1. The quantitative estimate of drug-likeness (QED) is 0.840. The second-order valence-corrected chi connectivity index (χ2v) is 8.68. The zero-order valence-electron chi connectivity index (χ0n) is 13.0. The van der Waals surface area contributed by atoms with Crippen molar-refractivity contribution in [1.82, 2.24) is 5.32 Å². The molecule has 0 saturated heterocycles. The number of rotatable bonds is 3. The summed E-state index contributed by atoms with van der Waals surface area (Å²) in [5.41, 5.74) is 0.339. The highest BCUT2D eigenvalue weighted by atomic mass is 16.3. The lowest BCUT2D eigenvalue weighted by atomic mass is 9.49. The van der Waals surface area contributed by atoms with Gasteiger partial charge < -0.3 is 10.4 Å². The molecule has 0 aliphatic heterocycles. The predicted octanol–water partition coefficient (Wildman–Crippen LogP) is 3.01. The highest BCUT2D eigenvalue weighted by molar-refractivity contribution is 5.77. The molecular weight excluding hydrogens is 262 g/mol. The molecule has 0 aromatic heterocycles. The first-order valence-electron chi connectivity index (χ1n) is 9.08. The Balaban J connectivity index is 1.36. The Morgan fingerprint density at radius 2 is 1.62 bits per heavy atom. The van der Waals surface area contributed by atoms with Crippen LogP contribution in [0.4, 0.5) is 0 Å². The molecule has 3 nitrogen and oxygen atoms in total. The van der Waals surface area contributed by atoms with Crippen molar-refractivity contribution in [2.45, 2.75) is 82.8 Å². The van der Waals surface area contributed by atoms with Crippen LogP contribution in [0.2, 0.25) is 0 Å². The molecule has 0 spiro atoms. The topological polar surface area (TPSA) is 49.3 Å². The molecule has 3 heteroatoms. The molecule has 5 aliphatic carbocycles. The van der Waals surface area contributed by atoms with Crippen molar-refractivity contribution in [3.63, 3.8) is 0 Å². The largest absolute Gasteiger partial charge is 0.393 e. The number of amides is 1. The summed E-state index contributed by atoms with van der Waals surface area (Å²) >= 11 is 0. The van der Waals surface area contributed by atoms with Crippen LogP contribution in [-0.2, 0) is 4.79 Å². The van der Waals surface area contributed by atoms with Crippen LogP contribution in [0.15, 0.2) is 0 Å². The van der Waals surface area contributed by atoms with Gasteiger partial charge in [-0.2, -0.15) is 0 Å². The van der Waals surface area contributed by atoms with E-state index in [0.29, 0.717) is 5.41 Å². The predicted molar refractivity (Wildman–Crippen MR) is 81.6 cm³/mol. The summed E-state index contributed by atoms with van der Waals surface area (Å²) in [6, 6.07) is 0.218. The number of carbonyl (C=O) groups excluding carboxylic acids is 1. The first kappa shape index (κ1) is 14.0. The van der Waals surface area contributed by atoms with Crippen molar-refractivity contribution >= 4 is 5.91 Å². The van der Waals surface area contributed by atoms with Crippen molar-refractivity contribution in [3.05, 3.63) is 0 Å². The molecule has 4 bridgehead atoms. The lowest BCUT2D eigenvalue weighted by molar-refractivity contribution is -0.130. The van der Waals surface area contributed by atoms with Gasteiger partial charge in [0.15, 0.2) is 0 Å². The first-order chi connectivity index (χ1) is 10.1. The Morgan fingerprint density at radius 3 is 2.19 bits per heavy atom. The molecule has 5 rings (SSSR count). The normalized spacial score (nSPS) is 48.3. The number of nitrogens with one attached hydrogen (secondary N) is 1. The molecule has 2 unspecified atom stereocenters. The van der Waals surface area contributed by atoms with Crippen LogP contribution in [0.5, 0.6) is 0 Å². The Kier molecular flexibility index (Phi) is 3.52. The summed E-state index contributed by atoms with van der Waals surface area (Å²) in [4.78, 5) is 12.5. The highest BCUT2D eigenvalue weighted by Crippen LogP contribution is 2.61. The molecule has 21 heavy (non-hydrogen) atoms. The van der Waals surface area contributed by atoms with Gasteiger partial charge in [-0.1, -0.05) is 0 Å². The maximum absolute atomic E-state index is 12.5. The fourth-order valence-electron chi connectivity index (χ4n) is 6.42. The van der Waals surface area contributed by atoms with E-state index in [1.54, 1.807) is 0 Å². The Morgan fingerprint density at radius 1 is 1.00 bits per heavy atom. The van der Waals surface area contributed by atoms with E-state index in [9.17, 15) is 9.90 Å². The fraction of sp³-hybridized carbons (Fsp3) is 0.944. The van der Waals surface area contributed by atoms with E-state index in [2.05, 4.69) is 5.32 Å². The Bertz CT molecular complexity index is 384. The van der Waals surface area contributed by atoms with Gasteiger partial charge >= 0.3 is 0 Å². The molecule has 118 valence electrons. The van der Waals surface area contributed by atoms with Crippen molar-refractivity contribution in [3.8, 4) is 0 Å². The maximum Gasteiger partial charge on any atom is 0.220 e. The van der Waals surface area contributed by atoms with Gasteiger partial charge in [-0.3, -0.25) is 4.79 Å². The number of aliphatic hydroxyl groups excluding tert-OH is 1. The number of aliphatic hydroxyl groups is 1. The van der Waals surface area contributed by atoms with Gasteiger partial charge in [0.1, 0.15) is 0 Å². The Hall–Kier alpha value is -0.570.